The summed E-state index contributed by atoms with van der Waals surface area (Å²) in [7, 11) is 1.43. The fraction of sp³-hybridized carbons (Fsp3) is 0.0833. The van der Waals surface area contributed by atoms with Gasteiger partial charge in [0.25, 0.3) is 11.5 Å². The molecule has 1 N–H and O–H groups in total. The van der Waals surface area contributed by atoms with Crippen molar-refractivity contribution >= 4 is 5.91 Å². The van der Waals surface area contributed by atoms with Gasteiger partial charge in [-0.15, -0.1) is 0 Å². The summed E-state index contributed by atoms with van der Waals surface area (Å²) in [6, 6.07) is 6.60. The second-order valence-corrected chi connectivity index (χ2v) is 3.52. The van der Waals surface area contributed by atoms with Crippen molar-refractivity contribution in [2.75, 3.05) is 7.05 Å². The number of aromatic nitrogens is 2. The van der Waals surface area contributed by atoms with Crippen molar-refractivity contribution in [2.24, 2.45) is 0 Å². The number of nitrogens with zero attached hydrogens (tertiary/aromatic N) is 2. The van der Waals surface area contributed by atoms with E-state index in [1.54, 1.807) is 0 Å². The van der Waals surface area contributed by atoms with Crippen LogP contribution < -0.4 is 10.9 Å². The number of carbonyl (C=O) groups is 1. The molecule has 0 aliphatic rings. The standard InChI is InChI=1S/C12H10FN3O2/c1-14-11(17)10-6-7-15-16(12(10)18)9-4-2-8(13)3-5-9/h2-7H,1H3,(H,14,17). The van der Waals surface area contributed by atoms with Crippen LogP contribution in [-0.4, -0.2) is 22.7 Å². The molecule has 0 unspecified atom stereocenters. The molecule has 0 atom stereocenters. The summed E-state index contributed by atoms with van der Waals surface area (Å²) >= 11 is 0. The molecule has 0 saturated carbocycles. The molecule has 0 bridgehead atoms. The number of amides is 1. The summed E-state index contributed by atoms with van der Waals surface area (Å²) in [4.78, 5) is 23.5. The second-order valence-electron chi connectivity index (χ2n) is 3.52. The minimum Gasteiger partial charge on any atom is -0.355 e. The predicted octanol–water partition coefficient (Wildman–Crippen LogP) is 0.731. The third kappa shape index (κ3) is 2.13. The van der Waals surface area contributed by atoms with Crippen LogP contribution in [0.25, 0.3) is 5.69 Å². The number of hydrogen-bond donors (Lipinski definition) is 1. The van der Waals surface area contributed by atoms with Crippen molar-refractivity contribution in [1.29, 1.82) is 0 Å². The predicted molar refractivity (Wildman–Crippen MR) is 63.2 cm³/mol. The first-order valence-corrected chi connectivity index (χ1v) is 5.20. The van der Waals surface area contributed by atoms with Gasteiger partial charge in [0.15, 0.2) is 0 Å². The van der Waals surface area contributed by atoms with E-state index in [4.69, 9.17) is 0 Å². The SMILES string of the molecule is CNC(=O)c1ccnn(-c2ccc(F)cc2)c1=O. The summed E-state index contributed by atoms with van der Waals surface area (Å²) in [6.07, 6.45) is 1.34. The van der Waals surface area contributed by atoms with Gasteiger partial charge in [-0.25, -0.2) is 4.39 Å². The van der Waals surface area contributed by atoms with E-state index in [0.717, 1.165) is 4.68 Å². The molecule has 5 nitrogen and oxygen atoms in total. The molecule has 92 valence electrons. The van der Waals surface area contributed by atoms with Crippen molar-refractivity contribution in [3.63, 3.8) is 0 Å². The van der Waals surface area contributed by atoms with Gasteiger partial charge in [-0.05, 0) is 30.3 Å². The van der Waals surface area contributed by atoms with Crippen LogP contribution >= 0.6 is 0 Å². The zero-order valence-corrected chi connectivity index (χ0v) is 9.55. The first kappa shape index (κ1) is 12.0. The van der Waals surface area contributed by atoms with E-state index in [9.17, 15) is 14.0 Å². The van der Waals surface area contributed by atoms with Gasteiger partial charge in [0.1, 0.15) is 11.4 Å². The van der Waals surface area contributed by atoms with Crippen LogP contribution in [0.4, 0.5) is 4.39 Å². The molecule has 18 heavy (non-hydrogen) atoms. The first-order valence-electron chi connectivity index (χ1n) is 5.20. The third-order valence-electron chi connectivity index (χ3n) is 2.39. The average Bonchev–Trinajstić information content (AvgIpc) is 2.39. The Kier molecular flexibility index (Phi) is 3.18. The van der Waals surface area contributed by atoms with Crippen LogP contribution in [0.15, 0.2) is 41.3 Å². The lowest BCUT2D eigenvalue weighted by molar-refractivity contribution is 0.0961. The maximum absolute atomic E-state index is 12.8. The van der Waals surface area contributed by atoms with E-state index < -0.39 is 17.3 Å². The lowest BCUT2D eigenvalue weighted by atomic mass is 10.2. The van der Waals surface area contributed by atoms with E-state index in [0.29, 0.717) is 5.69 Å². The molecule has 2 rings (SSSR count). The highest BCUT2D eigenvalue weighted by molar-refractivity contribution is 5.93. The maximum atomic E-state index is 12.8. The molecule has 6 heteroatoms. The Morgan fingerprint density at radius 2 is 1.94 bits per heavy atom. The molecule has 1 heterocycles. The Morgan fingerprint density at radius 1 is 1.28 bits per heavy atom. The molecule has 2 aromatic rings. The fourth-order valence-electron chi connectivity index (χ4n) is 1.49. The van der Waals surface area contributed by atoms with Crippen LogP contribution in [-0.2, 0) is 0 Å². The molecular weight excluding hydrogens is 237 g/mol. The van der Waals surface area contributed by atoms with E-state index >= 15 is 0 Å². The second kappa shape index (κ2) is 4.79. The molecular formula is C12H10FN3O2. The lowest BCUT2D eigenvalue weighted by Crippen LogP contribution is -2.31. The minimum atomic E-state index is -0.552. The molecule has 1 amide bonds. The van der Waals surface area contributed by atoms with Gasteiger partial charge >= 0.3 is 0 Å². The van der Waals surface area contributed by atoms with Gasteiger partial charge < -0.3 is 5.32 Å². The molecule has 0 radical (unpaired) electrons. The molecule has 0 aliphatic heterocycles. The largest absolute Gasteiger partial charge is 0.355 e. The molecule has 0 saturated heterocycles. The van der Waals surface area contributed by atoms with Crippen molar-refractivity contribution < 1.29 is 9.18 Å². The summed E-state index contributed by atoms with van der Waals surface area (Å²) in [5.74, 6) is -0.896. The van der Waals surface area contributed by atoms with Gasteiger partial charge in [-0.2, -0.15) is 9.78 Å². The maximum Gasteiger partial charge on any atom is 0.284 e. The average molecular weight is 247 g/mol. The van der Waals surface area contributed by atoms with Gasteiger partial charge in [0.2, 0.25) is 0 Å². The Hall–Kier alpha value is -2.50. The van der Waals surface area contributed by atoms with Crippen molar-refractivity contribution in [1.82, 2.24) is 15.1 Å². The van der Waals surface area contributed by atoms with Crippen LogP contribution in [0.2, 0.25) is 0 Å². The van der Waals surface area contributed by atoms with Crippen molar-refractivity contribution in [3.05, 3.63) is 58.3 Å². The number of hydrogen-bond acceptors (Lipinski definition) is 3. The van der Waals surface area contributed by atoms with E-state index in [1.165, 1.54) is 43.6 Å². The summed E-state index contributed by atoms with van der Waals surface area (Å²) in [5, 5.41) is 6.23. The van der Waals surface area contributed by atoms with Gasteiger partial charge in [-0.3, -0.25) is 9.59 Å². The Labute approximate surface area is 102 Å². The van der Waals surface area contributed by atoms with Crippen LogP contribution in [0.3, 0.4) is 0 Å². The van der Waals surface area contributed by atoms with Crippen LogP contribution in [0.1, 0.15) is 10.4 Å². The number of nitrogens with one attached hydrogen (secondary N) is 1. The van der Waals surface area contributed by atoms with Gasteiger partial charge in [-0.1, -0.05) is 0 Å². The van der Waals surface area contributed by atoms with Gasteiger partial charge in [0, 0.05) is 13.2 Å². The molecule has 0 aliphatic carbocycles. The zero-order chi connectivity index (χ0) is 13.1. The highest BCUT2D eigenvalue weighted by Crippen LogP contribution is 2.05. The fourth-order valence-corrected chi connectivity index (χ4v) is 1.49. The third-order valence-corrected chi connectivity index (χ3v) is 2.39. The Balaban J connectivity index is 2.56. The minimum absolute atomic E-state index is 0.0168. The Bertz CT molecular complexity index is 635. The summed E-state index contributed by atoms with van der Waals surface area (Å²) in [5.41, 5.74) is -0.174. The number of carbonyl (C=O) groups excluding carboxylic acids is 1. The number of rotatable bonds is 2. The number of benzene rings is 1. The summed E-state index contributed by atoms with van der Waals surface area (Å²) < 4.78 is 13.8. The Morgan fingerprint density at radius 3 is 2.56 bits per heavy atom. The van der Waals surface area contributed by atoms with E-state index in [-0.39, 0.29) is 5.56 Å². The first-order chi connectivity index (χ1) is 8.63. The highest BCUT2D eigenvalue weighted by atomic mass is 19.1. The molecule has 0 spiro atoms. The highest BCUT2D eigenvalue weighted by Gasteiger charge is 2.11. The monoisotopic (exact) mass is 247 g/mol. The van der Waals surface area contributed by atoms with Crippen molar-refractivity contribution in [3.8, 4) is 5.69 Å². The lowest BCUT2D eigenvalue weighted by Gasteiger charge is -2.05. The van der Waals surface area contributed by atoms with E-state index in [1.807, 2.05) is 0 Å². The molecule has 1 aromatic heterocycles. The number of halogens is 1. The molecule has 0 fully saturated rings. The molecule has 1 aromatic carbocycles. The van der Waals surface area contributed by atoms with Crippen molar-refractivity contribution in [2.45, 2.75) is 0 Å². The normalized spacial score (nSPS) is 10.1. The quantitative estimate of drug-likeness (QED) is 0.851. The van der Waals surface area contributed by atoms with Crippen LogP contribution in [0, 0.1) is 5.82 Å². The topological polar surface area (TPSA) is 64.0 Å². The summed E-state index contributed by atoms with van der Waals surface area (Å²) in [6.45, 7) is 0. The zero-order valence-electron chi connectivity index (χ0n) is 9.55. The van der Waals surface area contributed by atoms with Gasteiger partial charge in [0.05, 0.1) is 5.69 Å². The smallest absolute Gasteiger partial charge is 0.284 e. The van der Waals surface area contributed by atoms with E-state index in [2.05, 4.69) is 10.4 Å². The van der Waals surface area contributed by atoms with Crippen LogP contribution in [0.5, 0.6) is 0 Å².